The van der Waals surface area contributed by atoms with Gasteiger partial charge in [-0.3, -0.25) is 10.1 Å². The Bertz CT molecular complexity index is 445. The van der Waals surface area contributed by atoms with E-state index in [1.807, 2.05) is 6.26 Å². The number of aliphatic hydroxyl groups is 1. The maximum Gasteiger partial charge on any atom is 0.333 e. The summed E-state index contributed by atoms with van der Waals surface area (Å²) in [7, 11) is 1.63. The SMILES string of the molecule is CSCC(C)(O)CNc1c([N+](=O)[O-])c(C)nn1C. The molecule has 0 radical (unpaired) electrons. The van der Waals surface area contributed by atoms with Crippen molar-refractivity contribution in [1.82, 2.24) is 9.78 Å². The van der Waals surface area contributed by atoms with Crippen LogP contribution in [0.25, 0.3) is 0 Å². The number of anilines is 1. The summed E-state index contributed by atoms with van der Waals surface area (Å²) in [6, 6.07) is 0. The van der Waals surface area contributed by atoms with Crippen LogP contribution < -0.4 is 5.32 Å². The standard InChI is InChI=1S/C10H18N4O3S/c1-7-8(14(16)17)9(13(3)12-7)11-5-10(2,15)6-18-4/h11,15H,5-6H2,1-4H3. The molecule has 1 heterocycles. The summed E-state index contributed by atoms with van der Waals surface area (Å²) in [6.07, 6.45) is 1.89. The average molecular weight is 274 g/mol. The number of aromatic nitrogens is 2. The number of thioether (sulfide) groups is 1. The Morgan fingerprint density at radius 2 is 2.28 bits per heavy atom. The molecule has 1 aromatic rings. The Balaban J connectivity index is 2.88. The number of nitro groups is 1. The molecule has 0 aliphatic heterocycles. The molecule has 1 unspecified atom stereocenters. The third-order valence-corrected chi connectivity index (χ3v) is 3.38. The van der Waals surface area contributed by atoms with Crippen LogP contribution >= 0.6 is 11.8 Å². The molecule has 0 spiro atoms. The van der Waals surface area contributed by atoms with E-state index in [9.17, 15) is 15.2 Å². The summed E-state index contributed by atoms with van der Waals surface area (Å²) in [6.45, 7) is 3.50. The zero-order valence-corrected chi connectivity index (χ0v) is 11.7. The highest BCUT2D eigenvalue weighted by Gasteiger charge is 2.26. The van der Waals surface area contributed by atoms with Crippen molar-refractivity contribution < 1.29 is 10.0 Å². The molecule has 0 saturated carbocycles. The lowest BCUT2D eigenvalue weighted by Crippen LogP contribution is -2.36. The molecule has 18 heavy (non-hydrogen) atoms. The van der Waals surface area contributed by atoms with E-state index in [2.05, 4.69) is 10.4 Å². The first kappa shape index (κ1) is 14.8. The molecule has 1 aromatic heterocycles. The van der Waals surface area contributed by atoms with Crippen molar-refractivity contribution >= 4 is 23.3 Å². The molecule has 2 N–H and O–H groups in total. The van der Waals surface area contributed by atoms with Gasteiger partial charge in [0.1, 0.15) is 5.69 Å². The largest absolute Gasteiger partial charge is 0.387 e. The van der Waals surface area contributed by atoms with E-state index in [1.54, 1.807) is 20.9 Å². The van der Waals surface area contributed by atoms with Crippen LogP contribution in [0.5, 0.6) is 0 Å². The van der Waals surface area contributed by atoms with E-state index in [-0.39, 0.29) is 12.2 Å². The fourth-order valence-corrected chi connectivity index (χ4v) is 2.42. The van der Waals surface area contributed by atoms with Gasteiger partial charge in [-0.25, -0.2) is 4.68 Å². The number of nitrogens with one attached hydrogen (secondary N) is 1. The zero-order chi connectivity index (χ0) is 13.9. The quantitative estimate of drug-likeness (QED) is 0.597. The molecule has 0 saturated heterocycles. The minimum atomic E-state index is -0.925. The van der Waals surface area contributed by atoms with Crippen molar-refractivity contribution in [3.8, 4) is 0 Å². The summed E-state index contributed by atoms with van der Waals surface area (Å²) in [4.78, 5) is 10.5. The highest BCUT2D eigenvalue weighted by Crippen LogP contribution is 2.27. The summed E-state index contributed by atoms with van der Waals surface area (Å²) in [5.41, 5.74) is -0.613. The van der Waals surface area contributed by atoms with Gasteiger partial charge in [-0.15, -0.1) is 0 Å². The third kappa shape index (κ3) is 3.36. The van der Waals surface area contributed by atoms with E-state index in [0.29, 0.717) is 17.3 Å². The van der Waals surface area contributed by atoms with Crippen LogP contribution in [-0.2, 0) is 7.05 Å². The monoisotopic (exact) mass is 274 g/mol. The summed E-state index contributed by atoms with van der Waals surface area (Å²) >= 11 is 1.52. The molecule has 1 rings (SSSR count). The van der Waals surface area contributed by atoms with Crippen molar-refractivity contribution in [2.24, 2.45) is 7.05 Å². The normalized spacial score (nSPS) is 14.3. The van der Waals surface area contributed by atoms with E-state index in [1.165, 1.54) is 16.4 Å². The number of nitrogens with zero attached hydrogens (tertiary/aromatic N) is 3. The molecular weight excluding hydrogens is 256 g/mol. The molecule has 0 aliphatic carbocycles. The van der Waals surface area contributed by atoms with Crippen LogP contribution in [0.2, 0.25) is 0 Å². The first-order valence-corrected chi connectivity index (χ1v) is 6.81. The van der Waals surface area contributed by atoms with E-state index >= 15 is 0 Å². The smallest absolute Gasteiger partial charge is 0.333 e. The Labute approximate surface area is 110 Å². The predicted molar refractivity (Wildman–Crippen MR) is 72.1 cm³/mol. The maximum atomic E-state index is 11.0. The van der Waals surface area contributed by atoms with Gasteiger partial charge in [0.2, 0.25) is 5.82 Å². The highest BCUT2D eigenvalue weighted by atomic mass is 32.2. The van der Waals surface area contributed by atoms with Crippen LogP contribution in [0.1, 0.15) is 12.6 Å². The fraction of sp³-hybridized carbons (Fsp3) is 0.700. The molecule has 0 fully saturated rings. The van der Waals surface area contributed by atoms with Crippen molar-refractivity contribution in [2.45, 2.75) is 19.4 Å². The van der Waals surface area contributed by atoms with Crippen LogP contribution in [0.3, 0.4) is 0 Å². The Morgan fingerprint density at radius 3 is 2.78 bits per heavy atom. The molecule has 0 aromatic carbocycles. The third-order valence-electron chi connectivity index (χ3n) is 2.47. The molecule has 0 aliphatic rings. The maximum absolute atomic E-state index is 11.0. The van der Waals surface area contributed by atoms with Crippen molar-refractivity contribution in [3.63, 3.8) is 0 Å². The second-order valence-corrected chi connectivity index (χ2v) is 5.31. The highest BCUT2D eigenvalue weighted by molar-refractivity contribution is 7.98. The minimum absolute atomic E-state index is 0.0440. The lowest BCUT2D eigenvalue weighted by atomic mass is 10.1. The van der Waals surface area contributed by atoms with E-state index < -0.39 is 10.5 Å². The van der Waals surface area contributed by atoms with E-state index in [0.717, 1.165) is 0 Å². The van der Waals surface area contributed by atoms with Crippen LogP contribution in [0.4, 0.5) is 11.5 Å². The summed E-state index contributed by atoms with van der Waals surface area (Å²) < 4.78 is 1.42. The first-order valence-electron chi connectivity index (χ1n) is 5.41. The molecule has 7 nitrogen and oxygen atoms in total. The van der Waals surface area contributed by atoms with Crippen molar-refractivity contribution in [3.05, 3.63) is 15.8 Å². The fourth-order valence-electron chi connectivity index (χ4n) is 1.70. The second kappa shape index (κ2) is 5.57. The lowest BCUT2D eigenvalue weighted by Gasteiger charge is -2.22. The Kier molecular flexibility index (Phi) is 4.58. The summed E-state index contributed by atoms with van der Waals surface area (Å²) in [5.74, 6) is 0.865. The van der Waals surface area contributed by atoms with Crippen molar-refractivity contribution in [1.29, 1.82) is 0 Å². The first-order chi connectivity index (χ1) is 8.28. The molecule has 0 bridgehead atoms. The van der Waals surface area contributed by atoms with Crippen LogP contribution in [0.15, 0.2) is 0 Å². The Hall–Kier alpha value is -1.28. The molecule has 0 amide bonds. The number of hydrogen-bond acceptors (Lipinski definition) is 6. The molecule has 102 valence electrons. The van der Waals surface area contributed by atoms with Gasteiger partial charge in [0.25, 0.3) is 0 Å². The Morgan fingerprint density at radius 1 is 1.67 bits per heavy atom. The minimum Gasteiger partial charge on any atom is -0.387 e. The van der Waals surface area contributed by atoms with Crippen LogP contribution in [-0.4, -0.2) is 44.0 Å². The van der Waals surface area contributed by atoms with Gasteiger partial charge in [-0.05, 0) is 20.1 Å². The zero-order valence-electron chi connectivity index (χ0n) is 10.9. The molecule has 1 atom stereocenters. The van der Waals surface area contributed by atoms with Gasteiger partial charge < -0.3 is 10.4 Å². The second-order valence-electron chi connectivity index (χ2n) is 4.45. The predicted octanol–water partition coefficient (Wildman–Crippen LogP) is 1.16. The number of aryl methyl sites for hydroxylation is 2. The van der Waals surface area contributed by atoms with Gasteiger partial charge in [0.15, 0.2) is 0 Å². The van der Waals surface area contributed by atoms with Gasteiger partial charge in [-0.2, -0.15) is 16.9 Å². The molecular formula is C10H18N4O3S. The van der Waals surface area contributed by atoms with Crippen LogP contribution in [0, 0.1) is 17.0 Å². The lowest BCUT2D eigenvalue weighted by molar-refractivity contribution is -0.384. The van der Waals surface area contributed by atoms with Gasteiger partial charge in [-0.1, -0.05) is 0 Å². The summed E-state index contributed by atoms with van der Waals surface area (Å²) in [5, 5.41) is 27.9. The van der Waals surface area contributed by atoms with Gasteiger partial charge >= 0.3 is 5.69 Å². The molecule has 8 heteroatoms. The number of rotatable bonds is 6. The average Bonchev–Trinajstić information content (AvgIpc) is 2.50. The topological polar surface area (TPSA) is 93.2 Å². The number of hydrogen-bond donors (Lipinski definition) is 2. The van der Waals surface area contributed by atoms with Crippen molar-refractivity contribution in [2.75, 3.05) is 23.9 Å². The van der Waals surface area contributed by atoms with Gasteiger partial charge in [0, 0.05) is 19.3 Å². The van der Waals surface area contributed by atoms with E-state index in [4.69, 9.17) is 0 Å². The van der Waals surface area contributed by atoms with Gasteiger partial charge in [0.05, 0.1) is 10.5 Å².